The molecule has 1 N–H and O–H groups in total. The van der Waals surface area contributed by atoms with Crippen molar-refractivity contribution in [1.29, 1.82) is 0 Å². The number of fused-ring (bicyclic) bond motifs is 1. The molecule has 5 rings (SSSR count). The van der Waals surface area contributed by atoms with E-state index in [1.54, 1.807) is 19.2 Å². The van der Waals surface area contributed by atoms with E-state index in [-0.39, 0.29) is 17.4 Å². The van der Waals surface area contributed by atoms with Gasteiger partial charge in [0.2, 0.25) is 0 Å². The minimum Gasteiger partial charge on any atom is -0.320 e. The first-order chi connectivity index (χ1) is 18.1. The molecule has 0 radical (unpaired) electrons. The highest BCUT2D eigenvalue weighted by atomic mass is 32.1. The van der Waals surface area contributed by atoms with Crippen molar-refractivity contribution in [3.8, 4) is 22.0 Å². The monoisotopic (exact) mass is 507 g/mol. The van der Waals surface area contributed by atoms with Gasteiger partial charge in [-0.2, -0.15) is 0 Å². The van der Waals surface area contributed by atoms with Crippen LogP contribution in [0.4, 0.5) is 5.69 Å². The molecule has 7 nitrogen and oxygen atoms in total. The topological polar surface area (TPSA) is 97.7 Å². The number of ketones is 1. The molecule has 0 bridgehead atoms. The van der Waals surface area contributed by atoms with Gasteiger partial charge in [-0.1, -0.05) is 53.8 Å². The van der Waals surface area contributed by atoms with Crippen LogP contribution in [0.5, 0.6) is 0 Å². The van der Waals surface area contributed by atoms with Crippen molar-refractivity contribution in [2.75, 3.05) is 5.32 Å². The van der Waals surface area contributed by atoms with Crippen LogP contribution in [0, 0.1) is 0 Å². The van der Waals surface area contributed by atoms with Gasteiger partial charge in [0.15, 0.2) is 5.82 Å². The maximum Gasteiger partial charge on any atom is 0.274 e. The molecule has 0 spiro atoms. The Kier molecular flexibility index (Phi) is 7.37. The summed E-state index contributed by atoms with van der Waals surface area (Å²) in [5, 5.41) is 3.81. The highest BCUT2D eigenvalue weighted by Gasteiger charge is 2.17. The molecule has 0 saturated carbocycles. The second kappa shape index (κ2) is 11.2. The van der Waals surface area contributed by atoms with E-state index in [9.17, 15) is 9.59 Å². The highest BCUT2D eigenvalue weighted by molar-refractivity contribution is 7.21. The Morgan fingerprint density at radius 3 is 2.51 bits per heavy atom. The van der Waals surface area contributed by atoms with Crippen LogP contribution >= 0.6 is 11.3 Å². The number of unbranched alkanes of at least 4 members (excludes halogenated alkanes) is 1. The van der Waals surface area contributed by atoms with Crippen LogP contribution < -0.4 is 5.32 Å². The normalized spacial score (nSPS) is 10.9. The first-order valence-corrected chi connectivity index (χ1v) is 12.9. The highest BCUT2D eigenvalue weighted by Crippen LogP contribution is 2.33. The predicted octanol–water partition coefficient (Wildman–Crippen LogP) is 6.37. The fourth-order valence-corrected chi connectivity index (χ4v) is 4.94. The second-order valence-electron chi connectivity index (χ2n) is 8.69. The van der Waals surface area contributed by atoms with Gasteiger partial charge in [-0.15, -0.1) is 0 Å². The predicted molar refractivity (Wildman–Crippen MR) is 147 cm³/mol. The van der Waals surface area contributed by atoms with Crippen molar-refractivity contribution in [1.82, 2.24) is 19.9 Å². The maximum absolute atomic E-state index is 13.4. The first kappa shape index (κ1) is 24.4. The number of hydrogen-bond acceptors (Lipinski definition) is 7. The molecule has 0 aliphatic rings. The molecule has 0 saturated heterocycles. The van der Waals surface area contributed by atoms with E-state index in [4.69, 9.17) is 9.97 Å². The van der Waals surface area contributed by atoms with Crippen molar-refractivity contribution < 1.29 is 9.59 Å². The molecule has 2 aromatic carbocycles. The molecule has 0 unspecified atom stereocenters. The Labute approximate surface area is 218 Å². The van der Waals surface area contributed by atoms with Crippen molar-refractivity contribution in [3.05, 3.63) is 90.4 Å². The molecular formula is C29H25N5O2S. The molecule has 0 atom stereocenters. The third-order valence-corrected chi connectivity index (χ3v) is 6.84. The number of carbonyl (C=O) groups is 2. The molecule has 8 heteroatoms. The van der Waals surface area contributed by atoms with E-state index in [2.05, 4.69) is 15.3 Å². The molecule has 3 aromatic heterocycles. The number of thiazole rings is 1. The number of nitrogens with zero attached hydrogens (tertiary/aromatic N) is 4. The molecule has 0 fully saturated rings. The zero-order valence-electron chi connectivity index (χ0n) is 20.3. The van der Waals surface area contributed by atoms with Crippen molar-refractivity contribution in [2.45, 2.75) is 32.6 Å². The number of nitrogens with one attached hydrogen (secondary N) is 1. The molecule has 0 aliphatic carbocycles. The number of aryl methyl sites for hydroxylation is 1. The van der Waals surface area contributed by atoms with Gasteiger partial charge < -0.3 is 10.1 Å². The summed E-state index contributed by atoms with van der Waals surface area (Å²) in [5.41, 5.74) is 4.19. The largest absolute Gasteiger partial charge is 0.320 e. The van der Waals surface area contributed by atoms with E-state index in [0.29, 0.717) is 24.4 Å². The lowest BCUT2D eigenvalue weighted by molar-refractivity contribution is -0.117. The number of benzene rings is 2. The SMILES string of the molecule is CC(=O)CCCCc1cc(C(=O)Nc2ccccc2-c2nc3cccnc3s2)nc(-c2ccccc2)n1. The summed E-state index contributed by atoms with van der Waals surface area (Å²) in [6.45, 7) is 1.60. The smallest absolute Gasteiger partial charge is 0.274 e. The molecule has 184 valence electrons. The lowest BCUT2D eigenvalue weighted by atomic mass is 10.1. The van der Waals surface area contributed by atoms with Gasteiger partial charge in [0.1, 0.15) is 26.8 Å². The number of anilines is 1. The molecular weight excluding hydrogens is 482 g/mol. The van der Waals surface area contributed by atoms with Crippen LogP contribution in [0.1, 0.15) is 42.4 Å². The molecule has 37 heavy (non-hydrogen) atoms. The van der Waals surface area contributed by atoms with E-state index in [1.807, 2.05) is 66.7 Å². The van der Waals surface area contributed by atoms with Gasteiger partial charge in [-0.25, -0.2) is 19.9 Å². The van der Waals surface area contributed by atoms with E-state index >= 15 is 0 Å². The average molecular weight is 508 g/mol. The van der Waals surface area contributed by atoms with E-state index < -0.39 is 0 Å². The number of amides is 1. The zero-order valence-corrected chi connectivity index (χ0v) is 21.2. The Morgan fingerprint density at radius 1 is 0.892 bits per heavy atom. The lowest BCUT2D eigenvalue weighted by Crippen LogP contribution is -2.16. The summed E-state index contributed by atoms with van der Waals surface area (Å²) in [7, 11) is 0. The molecule has 5 aromatic rings. The Bertz CT molecular complexity index is 1530. The average Bonchev–Trinajstić information content (AvgIpc) is 3.36. The summed E-state index contributed by atoms with van der Waals surface area (Å²) < 4.78 is 0. The fourth-order valence-electron chi connectivity index (χ4n) is 3.99. The minimum atomic E-state index is -0.323. The minimum absolute atomic E-state index is 0.176. The molecule has 1 amide bonds. The Balaban J connectivity index is 1.44. The van der Waals surface area contributed by atoms with E-state index in [0.717, 1.165) is 45.0 Å². The van der Waals surface area contributed by atoms with Gasteiger partial charge in [0.05, 0.1) is 5.69 Å². The third kappa shape index (κ3) is 5.92. The van der Waals surface area contributed by atoms with E-state index in [1.165, 1.54) is 11.3 Å². The second-order valence-corrected chi connectivity index (χ2v) is 9.67. The summed E-state index contributed by atoms with van der Waals surface area (Å²) in [6.07, 6.45) is 4.54. The van der Waals surface area contributed by atoms with Crippen LogP contribution in [0.2, 0.25) is 0 Å². The summed E-state index contributed by atoms with van der Waals surface area (Å²) in [4.78, 5) is 44.0. The summed E-state index contributed by atoms with van der Waals surface area (Å²) in [5.74, 6) is 0.354. The van der Waals surface area contributed by atoms with Gasteiger partial charge in [0, 0.05) is 29.4 Å². The standard InChI is InChI=1S/C29H25N5O2S/c1-19(35)10-5-6-13-21-18-25(32-26(31-21)20-11-3-2-4-12-20)27(36)33-23-15-8-7-14-22(23)28-34-24-16-9-17-30-29(24)37-28/h2-4,7-9,11-12,14-18H,5-6,10,13H2,1H3,(H,33,36). The lowest BCUT2D eigenvalue weighted by Gasteiger charge is -2.11. The third-order valence-electron chi connectivity index (χ3n) is 5.83. The van der Waals surface area contributed by atoms with Crippen molar-refractivity contribution in [2.24, 2.45) is 0 Å². The first-order valence-electron chi connectivity index (χ1n) is 12.1. The quantitative estimate of drug-likeness (QED) is 0.233. The van der Waals surface area contributed by atoms with Crippen LogP contribution in [0.15, 0.2) is 79.0 Å². The Hall–Kier alpha value is -4.30. The van der Waals surface area contributed by atoms with Gasteiger partial charge in [-0.05, 0) is 56.5 Å². The van der Waals surface area contributed by atoms with Crippen LogP contribution in [-0.2, 0) is 11.2 Å². The van der Waals surface area contributed by atoms with Gasteiger partial charge in [0.25, 0.3) is 5.91 Å². The fraction of sp³-hybridized carbons (Fsp3) is 0.172. The summed E-state index contributed by atoms with van der Waals surface area (Å²) in [6, 6.07) is 22.7. The molecule has 0 aliphatic heterocycles. The Morgan fingerprint density at radius 2 is 1.70 bits per heavy atom. The van der Waals surface area contributed by atoms with Crippen molar-refractivity contribution >= 4 is 39.1 Å². The number of rotatable bonds is 9. The number of aromatic nitrogens is 4. The van der Waals surface area contributed by atoms with Crippen molar-refractivity contribution in [3.63, 3.8) is 0 Å². The maximum atomic E-state index is 13.4. The number of hydrogen-bond donors (Lipinski definition) is 1. The van der Waals surface area contributed by atoms with Crippen LogP contribution in [0.25, 0.3) is 32.3 Å². The van der Waals surface area contributed by atoms with Crippen LogP contribution in [0.3, 0.4) is 0 Å². The number of carbonyl (C=O) groups excluding carboxylic acids is 2. The summed E-state index contributed by atoms with van der Waals surface area (Å²) >= 11 is 1.48. The van der Waals surface area contributed by atoms with Crippen LogP contribution in [-0.4, -0.2) is 31.6 Å². The number of para-hydroxylation sites is 1. The number of pyridine rings is 1. The van der Waals surface area contributed by atoms with Gasteiger partial charge in [-0.3, -0.25) is 4.79 Å². The number of Topliss-reactive ketones (excluding diaryl/α,β-unsaturated/α-hetero) is 1. The zero-order chi connectivity index (χ0) is 25.6. The molecule has 3 heterocycles. The van der Waals surface area contributed by atoms with Gasteiger partial charge >= 0.3 is 0 Å².